The number of carboxylic acid groups (broad SMARTS) is 2. The second kappa shape index (κ2) is 12.9. The quantitative estimate of drug-likeness (QED) is 0.207. The molecule has 0 spiro atoms. The normalized spacial score (nSPS) is 22.3. The van der Waals surface area contributed by atoms with Gasteiger partial charge in [0.1, 0.15) is 23.0 Å². The van der Waals surface area contributed by atoms with E-state index in [9.17, 15) is 30.0 Å². The van der Waals surface area contributed by atoms with Crippen LogP contribution in [0.2, 0.25) is 0 Å². The van der Waals surface area contributed by atoms with Gasteiger partial charge in [-0.3, -0.25) is 9.59 Å². The number of phenols is 2. The number of phenolic OH excluding ortho intramolecular Hbond substituents is 2. The van der Waals surface area contributed by atoms with Crippen LogP contribution in [0.5, 0.6) is 23.0 Å². The summed E-state index contributed by atoms with van der Waals surface area (Å²) in [7, 11) is 0. The fraction of sp³-hybridized carbons (Fsp3) is 0.611. The zero-order valence-corrected chi connectivity index (χ0v) is 27.6. The van der Waals surface area contributed by atoms with E-state index in [1.165, 1.54) is 0 Å². The van der Waals surface area contributed by atoms with E-state index in [4.69, 9.17) is 9.47 Å². The molecule has 4 atom stereocenters. The van der Waals surface area contributed by atoms with E-state index in [1.807, 2.05) is 55.4 Å². The smallest absolute Gasteiger partial charge is 0.309 e. The van der Waals surface area contributed by atoms with Gasteiger partial charge in [-0.2, -0.15) is 0 Å². The summed E-state index contributed by atoms with van der Waals surface area (Å²) in [4.78, 5) is 24.5. The summed E-state index contributed by atoms with van der Waals surface area (Å²) < 4.78 is 12.8. The Labute approximate surface area is 261 Å². The third-order valence-corrected chi connectivity index (χ3v) is 11.0. The second-order valence-electron chi connectivity index (χ2n) is 13.5. The zero-order chi connectivity index (χ0) is 32.7. The number of rotatable bonds is 11. The zero-order valence-electron chi connectivity index (χ0n) is 27.6. The Bertz CT molecular complexity index is 1350. The largest absolute Gasteiger partial charge is 0.507 e. The van der Waals surface area contributed by atoms with Crippen molar-refractivity contribution in [2.24, 2.45) is 17.3 Å². The Balaban J connectivity index is 1.57. The number of carboxylic acids is 2. The van der Waals surface area contributed by atoms with E-state index in [0.29, 0.717) is 38.5 Å². The predicted molar refractivity (Wildman–Crippen MR) is 169 cm³/mol. The summed E-state index contributed by atoms with van der Waals surface area (Å²) >= 11 is 0. The van der Waals surface area contributed by atoms with E-state index in [0.717, 1.165) is 56.0 Å². The van der Waals surface area contributed by atoms with Crippen LogP contribution < -0.4 is 9.47 Å². The molecule has 4 unspecified atom stereocenters. The van der Waals surface area contributed by atoms with Crippen LogP contribution in [0.3, 0.4) is 0 Å². The number of ether oxygens (including phenoxy) is 2. The molecule has 2 aliphatic heterocycles. The molecule has 0 saturated carbocycles. The van der Waals surface area contributed by atoms with Gasteiger partial charge in [0.05, 0.1) is 17.6 Å². The van der Waals surface area contributed by atoms with E-state index in [1.54, 1.807) is 0 Å². The van der Waals surface area contributed by atoms with Crippen molar-refractivity contribution in [3.63, 3.8) is 0 Å². The van der Waals surface area contributed by atoms with Gasteiger partial charge in [-0.05, 0) is 152 Å². The third kappa shape index (κ3) is 6.22. The molecule has 8 heteroatoms. The molecule has 0 aliphatic carbocycles. The molecular weight excluding hydrogens is 560 g/mol. The van der Waals surface area contributed by atoms with Gasteiger partial charge in [0.25, 0.3) is 0 Å². The second-order valence-corrected chi connectivity index (χ2v) is 13.5. The van der Waals surface area contributed by atoms with Crippen LogP contribution >= 0.6 is 0 Å². The Hall–Kier alpha value is -3.42. The molecule has 242 valence electrons. The lowest BCUT2D eigenvalue weighted by molar-refractivity contribution is -0.152. The Morgan fingerprint density at radius 3 is 1.45 bits per heavy atom. The monoisotopic (exact) mass is 610 g/mol. The molecule has 0 aromatic heterocycles. The molecule has 2 aliphatic rings. The molecule has 0 fully saturated rings. The summed E-state index contributed by atoms with van der Waals surface area (Å²) in [6.45, 7) is 15.5. The Morgan fingerprint density at radius 2 is 1.09 bits per heavy atom. The first-order valence-electron chi connectivity index (χ1n) is 16.0. The van der Waals surface area contributed by atoms with Gasteiger partial charge in [-0.25, -0.2) is 0 Å². The fourth-order valence-electron chi connectivity index (χ4n) is 7.44. The average molecular weight is 611 g/mol. The Morgan fingerprint density at radius 1 is 0.682 bits per heavy atom. The molecule has 4 rings (SSSR count). The first kappa shape index (κ1) is 33.5. The van der Waals surface area contributed by atoms with E-state index < -0.39 is 17.4 Å². The topological polar surface area (TPSA) is 134 Å². The maximum absolute atomic E-state index is 13.1. The Kier molecular flexibility index (Phi) is 9.81. The molecule has 2 heterocycles. The number of carbonyl (C=O) groups is 2. The lowest BCUT2D eigenvalue weighted by Gasteiger charge is -2.38. The minimum Gasteiger partial charge on any atom is -0.507 e. The van der Waals surface area contributed by atoms with Crippen molar-refractivity contribution < 1.29 is 39.5 Å². The van der Waals surface area contributed by atoms with Crippen LogP contribution in [0, 0.1) is 58.8 Å². The van der Waals surface area contributed by atoms with Crippen LogP contribution in [-0.4, -0.2) is 44.6 Å². The lowest BCUT2D eigenvalue weighted by Crippen LogP contribution is -2.38. The molecular formula is C36H50O8. The SMILES string of the molecule is Cc1c(C)c2c(c(C)c1O)CC(CCC(CCCC(=O)O)(CCC1Cc3c(C)c(O)c(C)c(C)c3OC1C)C(=O)O)C(C)O2. The summed E-state index contributed by atoms with van der Waals surface area (Å²) in [5.41, 5.74) is 5.99. The van der Waals surface area contributed by atoms with Gasteiger partial charge in [0.2, 0.25) is 0 Å². The highest BCUT2D eigenvalue weighted by Gasteiger charge is 2.42. The van der Waals surface area contributed by atoms with Crippen LogP contribution in [0.25, 0.3) is 0 Å². The number of aromatic hydroxyl groups is 2. The summed E-state index contributed by atoms with van der Waals surface area (Å²) in [5.74, 6) is 0.512. The molecule has 0 radical (unpaired) electrons. The summed E-state index contributed by atoms with van der Waals surface area (Å²) in [6, 6.07) is 0. The summed E-state index contributed by atoms with van der Waals surface area (Å²) in [5, 5.41) is 41.4. The number of aliphatic carboxylic acids is 2. The van der Waals surface area contributed by atoms with E-state index >= 15 is 0 Å². The highest BCUT2D eigenvalue weighted by Crippen LogP contribution is 2.47. The molecule has 44 heavy (non-hydrogen) atoms. The molecule has 8 nitrogen and oxygen atoms in total. The molecule has 2 aromatic rings. The summed E-state index contributed by atoms with van der Waals surface area (Å²) in [6.07, 6.45) is 3.65. The van der Waals surface area contributed by atoms with Crippen molar-refractivity contribution in [1.29, 1.82) is 0 Å². The third-order valence-electron chi connectivity index (χ3n) is 11.0. The van der Waals surface area contributed by atoms with Gasteiger partial charge < -0.3 is 29.9 Å². The number of fused-ring (bicyclic) bond motifs is 2. The van der Waals surface area contributed by atoms with Gasteiger partial charge in [0.15, 0.2) is 0 Å². The fourth-order valence-corrected chi connectivity index (χ4v) is 7.44. The van der Waals surface area contributed by atoms with Crippen molar-refractivity contribution in [1.82, 2.24) is 0 Å². The van der Waals surface area contributed by atoms with Crippen molar-refractivity contribution in [2.45, 2.75) is 125 Å². The minimum absolute atomic E-state index is 0.0570. The van der Waals surface area contributed by atoms with Crippen molar-refractivity contribution in [2.75, 3.05) is 0 Å². The van der Waals surface area contributed by atoms with Gasteiger partial charge >= 0.3 is 11.9 Å². The van der Waals surface area contributed by atoms with E-state index in [2.05, 4.69) is 0 Å². The number of benzene rings is 2. The molecule has 4 N–H and O–H groups in total. The number of hydrogen-bond donors (Lipinski definition) is 4. The molecule has 0 saturated heterocycles. The van der Waals surface area contributed by atoms with Crippen LogP contribution in [-0.2, 0) is 22.4 Å². The van der Waals surface area contributed by atoms with Crippen molar-refractivity contribution in [3.8, 4) is 23.0 Å². The molecule has 0 bridgehead atoms. The standard InChI is InChI=1S/C36H50O8/c1-18-20(3)33-28(22(5)31(18)39)16-26(24(7)43-33)11-14-36(35(41)42,13-9-10-30(37)38)15-12-27-17-29-23(6)32(40)19(2)21(4)34(29)44-25(27)8/h24-27,39-40H,9-17H2,1-8H3,(H,37,38)(H,41,42). The van der Waals surface area contributed by atoms with Gasteiger partial charge in [0, 0.05) is 17.5 Å². The van der Waals surface area contributed by atoms with Crippen LogP contribution in [0.1, 0.15) is 103 Å². The predicted octanol–water partition coefficient (Wildman–Crippen LogP) is 7.41. The van der Waals surface area contributed by atoms with E-state index in [-0.39, 0.29) is 54.8 Å². The van der Waals surface area contributed by atoms with Gasteiger partial charge in [-0.1, -0.05) is 0 Å². The molecule has 0 amide bonds. The highest BCUT2D eigenvalue weighted by atomic mass is 16.5. The minimum atomic E-state index is -1.09. The maximum atomic E-state index is 13.1. The highest BCUT2D eigenvalue weighted by molar-refractivity contribution is 5.75. The lowest BCUT2D eigenvalue weighted by atomic mass is 9.70. The molecule has 2 aromatic carbocycles. The average Bonchev–Trinajstić information content (AvgIpc) is 2.98. The van der Waals surface area contributed by atoms with Crippen molar-refractivity contribution in [3.05, 3.63) is 44.5 Å². The van der Waals surface area contributed by atoms with Gasteiger partial charge in [-0.15, -0.1) is 0 Å². The van der Waals surface area contributed by atoms with Crippen LogP contribution in [0.15, 0.2) is 0 Å². The van der Waals surface area contributed by atoms with Crippen LogP contribution in [0.4, 0.5) is 0 Å². The first-order chi connectivity index (χ1) is 20.6. The number of hydrogen-bond acceptors (Lipinski definition) is 6. The first-order valence-corrected chi connectivity index (χ1v) is 16.0. The van der Waals surface area contributed by atoms with Crippen molar-refractivity contribution >= 4 is 11.9 Å². The maximum Gasteiger partial charge on any atom is 0.309 e.